The summed E-state index contributed by atoms with van der Waals surface area (Å²) in [6.45, 7) is 0.229. The number of amides is 1. The van der Waals surface area contributed by atoms with Gasteiger partial charge in [-0.05, 0) is 30.3 Å². The predicted octanol–water partition coefficient (Wildman–Crippen LogP) is 3.14. The standard InChI is InChI=1S/C18H13N3O5/c22-17-8-23-14-6-11(2-3-12(14)21-17)20-18-19-7-16(26-18)10-1-4-13-15(5-10)25-9-24-13/h1-7H,8-9H2,(H,19,20)(H,21,22). The lowest BCUT2D eigenvalue weighted by molar-refractivity contribution is -0.118. The van der Waals surface area contributed by atoms with Crippen LogP contribution in [0, 0.1) is 0 Å². The van der Waals surface area contributed by atoms with Crippen molar-refractivity contribution in [1.82, 2.24) is 4.98 Å². The quantitative estimate of drug-likeness (QED) is 0.748. The van der Waals surface area contributed by atoms with Gasteiger partial charge in [-0.3, -0.25) is 4.79 Å². The minimum absolute atomic E-state index is 0.00369. The van der Waals surface area contributed by atoms with Gasteiger partial charge in [-0.2, -0.15) is 0 Å². The van der Waals surface area contributed by atoms with Gasteiger partial charge in [-0.15, -0.1) is 0 Å². The highest BCUT2D eigenvalue weighted by molar-refractivity contribution is 5.95. The highest BCUT2D eigenvalue weighted by Crippen LogP contribution is 2.37. The number of carbonyl (C=O) groups is 1. The molecular formula is C18H13N3O5. The van der Waals surface area contributed by atoms with E-state index in [9.17, 15) is 4.79 Å². The molecule has 2 aromatic carbocycles. The van der Waals surface area contributed by atoms with Crippen LogP contribution in [-0.2, 0) is 4.79 Å². The van der Waals surface area contributed by atoms with Crippen molar-refractivity contribution in [3.05, 3.63) is 42.6 Å². The largest absolute Gasteiger partial charge is 0.482 e. The number of ether oxygens (including phenoxy) is 3. The van der Waals surface area contributed by atoms with Crippen LogP contribution in [0.2, 0.25) is 0 Å². The van der Waals surface area contributed by atoms with Crippen LogP contribution in [0.25, 0.3) is 11.3 Å². The van der Waals surface area contributed by atoms with E-state index in [1.54, 1.807) is 24.4 Å². The summed E-state index contributed by atoms with van der Waals surface area (Å²) in [5.74, 6) is 2.43. The number of aromatic nitrogens is 1. The van der Waals surface area contributed by atoms with E-state index in [4.69, 9.17) is 18.6 Å². The van der Waals surface area contributed by atoms with Crippen LogP contribution in [0.1, 0.15) is 0 Å². The first kappa shape index (κ1) is 14.6. The molecule has 5 rings (SSSR count). The number of hydrogen-bond acceptors (Lipinski definition) is 7. The van der Waals surface area contributed by atoms with Crippen LogP contribution < -0.4 is 24.8 Å². The van der Waals surface area contributed by atoms with E-state index >= 15 is 0 Å². The Morgan fingerprint density at radius 1 is 1.00 bits per heavy atom. The molecule has 0 aliphatic carbocycles. The number of rotatable bonds is 3. The van der Waals surface area contributed by atoms with Gasteiger partial charge in [0.1, 0.15) is 5.75 Å². The van der Waals surface area contributed by atoms with Gasteiger partial charge in [0.2, 0.25) is 6.79 Å². The van der Waals surface area contributed by atoms with Crippen LogP contribution in [0.15, 0.2) is 47.0 Å². The Labute approximate surface area is 147 Å². The lowest BCUT2D eigenvalue weighted by Crippen LogP contribution is -2.25. The number of anilines is 3. The second-order valence-electron chi connectivity index (χ2n) is 5.77. The van der Waals surface area contributed by atoms with Gasteiger partial charge in [0, 0.05) is 17.3 Å². The summed E-state index contributed by atoms with van der Waals surface area (Å²) in [6.07, 6.45) is 1.63. The van der Waals surface area contributed by atoms with Crippen LogP contribution in [0.4, 0.5) is 17.4 Å². The molecule has 2 aliphatic heterocycles. The summed E-state index contributed by atoms with van der Waals surface area (Å²) in [6, 6.07) is 11.3. The number of oxazole rings is 1. The maximum Gasteiger partial charge on any atom is 0.299 e. The average Bonchev–Trinajstić information content (AvgIpc) is 3.30. The Hall–Kier alpha value is -3.68. The van der Waals surface area contributed by atoms with Crippen LogP contribution in [0.3, 0.4) is 0 Å². The van der Waals surface area contributed by atoms with Crippen molar-refractivity contribution in [2.24, 2.45) is 0 Å². The third-order valence-corrected chi connectivity index (χ3v) is 4.03. The van der Waals surface area contributed by atoms with Crippen LogP contribution in [-0.4, -0.2) is 24.3 Å². The van der Waals surface area contributed by atoms with Crippen LogP contribution >= 0.6 is 0 Å². The van der Waals surface area contributed by atoms with Gasteiger partial charge >= 0.3 is 0 Å². The van der Waals surface area contributed by atoms with E-state index in [-0.39, 0.29) is 19.3 Å². The monoisotopic (exact) mass is 351 g/mol. The van der Waals surface area contributed by atoms with Gasteiger partial charge in [0.25, 0.3) is 11.9 Å². The fourth-order valence-corrected chi connectivity index (χ4v) is 2.79. The van der Waals surface area contributed by atoms with Gasteiger partial charge in [-0.1, -0.05) is 0 Å². The van der Waals surface area contributed by atoms with E-state index in [1.165, 1.54) is 0 Å². The Morgan fingerprint density at radius 2 is 1.92 bits per heavy atom. The first-order valence-corrected chi connectivity index (χ1v) is 7.94. The molecule has 0 bridgehead atoms. The number of fused-ring (bicyclic) bond motifs is 2. The molecule has 0 fully saturated rings. The highest BCUT2D eigenvalue weighted by atomic mass is 16.7. The number of nitrogens with zero attached hydrogens (tertiary/aromatic N) is 1. The van der Waals surface area contributed by atoms with Gasteiger partial charge < -0.3 is 29.3 Å². The molecule has 0 radical (unpaired) electrons. The zero-order valence-corrected chi connectivity index (χ0v) is 13.4. The SMILES string of the molecule is O=C1COc2cc(Nc3ncc(-c4ccc5c(c4)OCO5)o3)ccc2N1. The molecule has 2 N–H and O–H groups in total. The summed E-state index contributed by atoms with van der Waals surface area (Å²) >= 11 is 0. The fraction of sp³-hybridized carbons (Fsp3) is 0.111. The maximum atomic E-state index is 11.3. The van der Waals surface area contributed by atoms with Crippen molar-refractivity contribution in [2.45, 2.75) is 0 Å². The Kier molecular flexibility index (Phi) is 3.21. The molecule has 0 unspecified atom stereocenters. The van der Waals surface area contributed by atoms with Gasteiger partial charge in [0.05, 0.1) is 11.9 Å². The van der Waals surface area contributed by atoms with Gasteiger partial charge in [0.15, 0.2) is 23.9 Å². The third kappa shape index (κ3) is 2.57. The minimum atomic E-state index is -0.167. The number of hydrogen-bond donors (Lipinski definition) is 2. The Bertz CT molecular complexity index is 1010. The second kappa shape index (κ2) is 5.69. The van der Waals surface area contributed by atoms with Gasteiger partial charge in [-0.25, -0.2) is 4.98 Å². The number of benzene rings is 2. The van der Waals surface area contributed by atoms with E-state index in [0.29, 0.717) is 34.7 Å². The zero-order chi connectivity index (χ0) is 17.5. The molecule has 1 amide bonds. The van der Waals surface area contributed by atoms with Crippen molar-refractivity contribution in [3.63, 3.8) is 0 Å². The molecular weight excluding hydrogens is 338 g/mol. The minimum Gasteiger partial charge on any atom is -0.482 e. The molecule has 0 spiro atoms. The smallest absolute Gasteiger partial charge is 0.299 e. The summed E-state index contributed by atoms with van der Waals surface area (Å²) in [7, 11) is 0. The van der Waals surface area contributed by atoms with E-state index in [1.807, 2.05) is 18.2 Å². The fourth-order valence-electron chi connectivity index (χ4n) is 2.79. The molecule has 3 heterocycles. The Morgan fingerprint density at radius 3 is 2.88 bits per heavy atom. The van der Waals surface area contributed by atoms with E-state index in [2.05, 4.69) is 15.6 Å². The zero-order valence-electron chi connectivity index (χ0n) is 13.4. The summed E-state index contributed by atoms with van der Waals surface area (Å²) in [4.78, 5) is 15.6. The number of carbonyl (C=O) groups excluding carboxylic acids is 1. The Balaban J connectivity index is 1.37. The molecule has 0 atom stereocenters. The molecule has 0 saturated carbocycles. The topological polar surface area (TPSA) is 94.9 Å². The van der Waals surface area contributed by atoms with Crippen molar-refractivity contribution in [3.8, 4) is 28.6 Å². The van der Waals surface area contributed by atoms with Crippen molar-refractivity contribution in [2.75, 3.05) is 24.0 Å². The van der Waals surface area contributed by atoms with Crippen molar-refractivity contribution >= 4 is 23.3 Å². The molecule has 2 aliphatic rings. The summed E-state index contributed by atoms with van der Waals surface area (Å²) in [5.41, 5.74) is 2.21. The summed E-state index contributed by atoms with van der Waals surface area (Å²) < 4.78 is 21.9. The maximum absolute atomic E-state index is 11.3. The highest BCUT2D eigenvalue weighted by Gasteiger charge is 2.18. The lowest BCUT2D eigenvalue weighted by atomic mass is 10.1. The predicted molar refractivity (Wildman–Crippen MR) is 91.9 cm³/mol. The molecule has 8 nitrogen and oxygen atoms in total. The molecule has 1 aromatic heterocycles. The van der Waals surface area contributed by atoms with E-state index in [0.717, 1.165) is 11.3 Å². The van der Waals surface area contributed by atoms with Crippen molar-refractivity contribution in [1.29, 1.82) is 0 Å². The molecule has 130 valence electrons. The van der Waals surface area contributed by atoms with E-state index < -0.39 is 0 Å². The lowest BCUT2D eigenvalue weighted by Gasteiger charge is -2.18. The van der Waals surface area contributed by atoms with Crippen LogP contribution in [0.5, 0.6) is 17.2 Å². The first-order chi connectivity index (χ1) is 12.7. The molecule has 8 heteroatoms. The average molecular weight is 351 g/mol. The third-order valence-electron chi connectivity index (χ3n) is 4.03. The molecule has 0 saturated heterocycles. The summed E-state index contributed by atoms with van der Waals surface area (Å²) in [5, 5.41) is 5.83. The van der Waals surface area contributed by atoms with Crippen molar-refractivity contribution < 1.29 is 23.4 Å². The first-order valence-electron chi connectivity index (χ1n) is 7.94. The second-order valence-corrected chi connectivity index (χ2v) is 5.77. The molecule has 3 aromatic rings. The normalized spacial score (nSPS) is 14.4. The molecule has 26 heavy (non-hydrogen) atoms. The number of nitrogens with one attached hydrogen (secondary N) is 2.